The second-order valence-electron chi connectivity index (χ2n) is 3.81. The van der Waals surface area contributed by atoms with Gasteiger partial charge in [-0.1, -0.05) is 0 Å². The van der Waals surface area contributed by atoms with Gasteiger partial charge in [-0.15, -0.1) is 0 Å². The first-order valence-corrected chi connectivity index (χ1v) is 6.04. The summed E-state index contributed by atoms with van der Waals surface area (Å²) in [5, 5.41) is 0.958. The SMILES string of the molecule is CCOC(=O)c1cn2c(Cl)nc3ccncc3c2n1. The van der Waals surface area contributed by atoms with Gasteiger partial charge in [-0.3, -0.25) is 9.38 Å². The Morgan fingerprint density at radius 1 is 1.47 bits per heavy atom. The van der Waals surface area contributed by atoms with Gasteiger partial charge >= 0.3 is 5.97 Å². The highest BCUT2D eigenvalue weighted by molar-refractivity contribution is 6.29. The number of carbonyl (C=O) groups excluding carboxylic acids is 1. The fourth-order valence-corrected chi connectivity index (χ4v) is 2.04. The first-order chi connectivity index (χ1) is 9.20. The lowest BCUT2D eigenvalue weighted by Gasteiger charge is -2.00. The summed E-state index contributed by atoms with van der Waals surface area (Å²) >= 11 is 6.07. The third-order valence-electron chi connectivity index (χ3n) is 2.64. The lowest BCUT2D eigenvalue weighted by molar-refractivity contribution is 0.0520. The van der Waals surface area contributed by atoms with Crippen molar-refractivity contribution in [2.75, 3.05) is 6.61 Å². The van der Waals surface area contributed by atoms with E-state index in [2.05, 4.69) is 15.0 Å². The number of halogens is 1. The predicted octanol–water partition coefficient (Wildman–Crippen LogP) is 2.11. The molecular weight excluding hydrogens is 268 g/mol. The molecule has 0 aromatic carbocycles. The first kappa shape index (κ1) is 11.9. The molecule has 0 aliphatic heterocycles. The number of imidazole rings is 1. The zero-order valence-corrected chi connectivity index (χ0v) is 10.8. The lowest BCUT2D eigenvalue weighted by atomic mass is 10.3. The van der Waals surface area contributed by atoms with Crippen molar-refractivity contribution >= 4 is 34.1 Å². The predicted molar refractivity (Wildman–Crippen MR) is 69.3 cm³/mol. The topological polar surface area (TPSA) is 69.4 Å². The van der Waals surface area contributed by atoms with Gasteiger partial charge in [0.15, 0.2) is 11.3 Å². The van der Waals surface area contributed by atoms with E-state index < -0.39 is 5.97 Å². The second kappa shape index (κ2) is 4.47. The molecule has 0 spiro atoms. The second-order valence-corrected chi connectivity index (χ2v) is 4.15. The van der Waals surface area contributed by atoms with Gasteiger partial charge in [-0.05, 0) is 24.6 Å². The highest BCUT2D eigenvalue weighted by Gasteiger charge is 2.15. The zero-order chi connectivity index (χ0) is 13.4. The molecule has 0 radical (unpaired) electrons. The highest BCUT2D eigenvalue weighted by Crippen LogP contribution is 2.21. The minimum Gasteiger partial charge on any atom is -0.461 e. The summed E-state index contributed by atoms with van der Waals surface area (Å²) in [6, 6.07) is 1.74. The van der Waals surface area contributed by atoms with Gasteiger partial charge in [-0.25, -0.2) is 14.8 Å². The number of hydrogen-bond acceptors (Lipinski definition) is 5. The molecule has 0 atom stereocenters. The van der Waals surface area contributed by atoms with E-state index in [1.165, 1.54) is 10.6 Å². The average Bonchev–Trinajstić information content (AvgIpc) is 2.85. The van der Waals surface area contributed by atoms with Crippen molar-refractivity contribution in [3.05, 3.63) is 35.6 Å². The Kier molecular flexibility index (Phi) is 2.79. The number of esters is 1. The molecule has 0 N–H and O–H groups in total. The number of carbonyl (C=O) groups is 1. The summed E-state index contributed by atoms with van der Waals surface area (Å²) in [5.41, 5.74) is 1.40. The smallest absolute Gasteiger partial charge is 0.358 e. The van der Waals surface area contributed by atoms with Crippen LogP contribution in [0.5, 0.6) is 0 Å². The molecule has 0 saturated carbocycles. The summed E-state index contributed by atoms with van der Waals surface area (Å²) in [6.45, 7) is 2.03. The molecule has 0 aliphatic rings. The van der Waals surface area contributed by atoms with Gasteiger partial charge in [0.25, 0.3) is 0 Å². The van der Waals surface area contributed by atoms with Crippen molar-refractivity contribution < 1.29 is 9.53 Å². The standard InChI is InChI=1S/C12H9ClN4O2/c1-2-19-11(18)9-6-17-10(15-9)7-5-14-4-3-8(7)16-12(17)13/h3-6H,2H2,1H3. The van der Waals surface area contributed by atoms with E-state index in [-0.39, 0.29) is 11.0 Å². The summed E-state index contributed by atoms with van der Waals surface area (Å²) in [7, 11) is 0. The normalized spacial score (nSPS) is 11.1. The van der Waals surface area contributed by atoms with Crippen molar-refractivity contribution in [3.63, 3.8) is 0 Å². The van der Waals surface area contributed by atoms with Crippen LogP contribution in [0.4, 0.5) is 0 Å². The third-order valence-corrected chi connectivity index (χ3v) is 2.91. The van der Waals surface area contributed by atoms with Crippen molar-refractivity contribution in [1.29, 1.82) is 0 Å². The van der Waals surface area contributed by atoms with E-state index in [1.54, 1.807) is 25.4 Å². The van der Waals surface area contributed by atoms with Crippen LogP contribution in [0.2, 0.25) is 5.28 Å². The number of aromatic nitrogens is 4. The largest absolute Gasteiger partial charge is 0.461 e. The molecular formula is C12H9ClN4O2. The Morgan fingerprint density at radius 3 is 3.11 bits per heavy atom. The highest BCUT2D eigenvalue weighted by atomic mass is 35.5. The number of pyridine rings is 1. The molecule has 3 aromatic rings. The van der Waals surface area contributed by atoms with Gasteiger partial charge in [0, 0.05) is 18.6 Å². The number of nitrogens with zero attached hydrogens (tertiary/aromatic N) is 4. The summed E-state index contributed by atoms with van der Waals surface area (Å²) in [6.07, 6.45) is 4.77. The molecule has 0 saturated heterocycles. The maximum absolute atomic E-state index is 11.7. The van der Waals surface area contributed by atoms with Gasteiger partial charge < -0.3 is 4.74 Å². The first-order valence-electron chi connectivity index (χ1n) is 5.66. The van der Waals surface area contributed by atoms with Gasteiger partial charge in [-0.2, -0.15) is 0 Å². The molecule has 6 nitrogen and oxygen atoms in total. The molecule has 19 heavy (non-hydrogen) atoms. The molecule has 0 bridgehead atoms. The zero-order valence-electron chi connectivity index (χ0n) is 10.00. The molecule has 3 heterocycles. The summed E-state index contributed by atoms with van der Waals surface area (Å²) in [4.78, 5) is 24.2. The van der Waals surface area contributed by atoms with Crippen molar-refractivity contribution in [2.24, 2.45) is 0 Å². The van der Waals surface area contributed by atoms with E-state index in [1.807, 2.05) is 0 Å². The van der Waals surface area contributed by atoms with Crippen LogP contribution >= 0.6 is 11.6 Å². The van der Waals surface area contributed by atoms with Crippen LogP contribution in [0, 0.1) is 0 Å². The fourth-order valence-electron chi connectivity index (χ4n) is 1.82. The van der Waals surface area contributed by atoms with Crippen LogP contribution in [-0.4, -0.2) is 31.9 Å². The van der Waals surface area contributed by atoms with Gasteiger partial charge in [0.1, 0.15) is 0 Å². The number of hydrogen-bond donors (Lipinski definition) is 0. The van der Waals surface area contributed by atoms with E-state index in [9.17, 15) is 4.79 Å². The van der Waals surface area contributed by atoms with Crippen LogP contribution < -0.4 is 0 Å². The van der Waals surface area contributed by atoms with Crippen molar-refractivity contribution in [2.45, 2.75) is 6.92 Å². The maximum Gasteiger partial charge on any atom is 0.358 e. The van der Waals surface area contributed by atoms with Crippen LogP contribution in [-0.2, 0) is 4.74 Å². The van der Waals surface area contributed by atoms with E-state index in [0.717, 1.165) is 5.39 Å². The lowest BCUT2D eigenvalue weighted by Crippen LogP contribution is -2.04. The Balaban J connectivity index is 2.29. The Hall–Kier alpha value is -2.21. The summed E-state index contributed by atoms with van der Waals surface area (Å²) in [5.74, 6) is -0.487. The third kappa shape index (κ3) is 1.90. The van der Waals surface area contributed by atoms with Gasteiger partial charge in [0.2, 0.25) is 5.28 Å². The Bertz CT molecular complexity index is 784. The minimum absolute atomic E-state index is 0.196. The molecule has 96 valence electrons. The van der Waals surface area contributed by atoms with E-state index >= 15 is 0 Å². The fraction of sp³-hybridized carbons (Fsp3) is 0.167. The van der Waals surface area contributed by atoms with Crippen LogP contribution in [0.15, 0.2) is 24.7 Å². The van der Waals surface area contributed by atoms with E-state index in [4.69, 9.17) is 16.3 Å². The minimum atomic E-state index is -0.487. The molecule has 3 rings (SSSR count). The molecule has 0 fully saturated rings. The average molecular weight is 277 g/mol. The molecule has 3 aromatic heterocycles. The number of fused-ring (bicyclic) bond motifs is 3. The van der Waals surface area contributed by atoms with Gasteiger partial charge in [0.05, 0.1) is 17.5 Å². The molecule has 0 aliphatic carbocycles. The Labute approximate surface area is 113 Å². The molecule has 0 amide bonds. The van der Waals surface area contributed by atoms with Crippen LogP contribution in [0.1, 0.15) is 17.4 Å². The van der Waals surface area contributed by atoms with Crippen molar-refractivity contribution in [3.8, 4) is 0 Å². The maximum atomic E-state index is 11.7. The van der Waals surface area contributed by atoms with Crippen LogP contribution in [0.25, 0.3) is 16.6 Å². The quantitative estimate of drug-likeness (QED) is 0.530. The van der Waals surface area contributed by atoms with Crippen molar-refractivity contribution in [1.82, 2.24) is 19.4 Å². The Morgan fingerprint density at radius 2 is 2.32 bits per heavy atom. The number of ether oxygens (including phenoxy) is 1. The molecule has 7 heteroatoms. The van der Waals surface area contributed by atoms with E-state index in [0.29, 0.717) is 17.8 Å². The number of rotatable bonds is 2. The summed E-state index contributed by atoms with van der Waals surface area (Å²) < 4.78 is 6.46. The monoisotopic (exact) mass is 276 g/mol. The van der Waals surface area contributed by atoms with Crippen LogP contribution in [0.3, 0.4) is 0 Å². The molecule has 0 unspecified atom stereocenters.